The third-order valence-corrected chi connectivity index (χ3v) is 11.2. The van der Waals surface area contributed by atoms with Crippen molar-refractivity contribution in [3.8, 4) is 0 Å². The molecule has 3 unspecified atom stereocenters. The van der Waals surface area contributed by atoms with E-state index in [9.17, 15) is 19.4 Å². The van der Waals surface area contributed by atoms with Crippen molar-refractivity contribution in [2.24, 2.45) is 0 Å². The van der Waals surface area contributed by atoms with Gasteiger partial charge in [-0.1, -0.05) is 194 Å². The number of hydrogen-bond donors (Lipinski definition) is 2. The second-order valence-electron chi connectivity index (χ2n) is 17.4. The van der Waals surface area contributed by atoms with Crippen LogP contribution in [-0.4, -0.2) is 68.5 Å². The molecule has 360 valence electrons. The van der Waals surface area contributed by atoms with Crippen molar-refractivity contribution in [2.75, 3.05) is 40.9 Å². The normalized spacial score (nSPS) is 15.1. The number of nitrogens with zero attached hydrogens (tertiary/aromatic N) is 1. The Labute approximate surface area is 387 Å². The third kappa shape index (κ3) is 47.0. The maximum absolute atomic E-state index is 12.9. The number of nitrogens with one attached hydrogen (secondary N) is 1. The van der Waals surface area contributed by atoms with Gasteiger partial charge in [0, 0.05) is 6.42 Å². The molecule has 8 nitrogen and oxygen atoms in total. The Kier molecular flexibility index (Phi) is 42.4. The Morgan fingerprint density at radius 1 is 0.571 bits per heavy atom. The molecule has 63 heavy (non-hydrogen) atoms. The minimum Gasteiger partial charge on any atom is -0.756 e. The highest BCUT2D eigenvalue weighted by Gasteiger charge is 2.24. The molecular weight excluding hydrogens is 804 g/mol. The van der Waals surface area contributed by atoms with Crippen LogP contribution in [0.4, 0.5) is 0 Å². The lowest BCUT2D eigenvalue weighted by atomic mass is 10.0. The summed E-state index contributed by atoms with van der Waals surface area (Å²) in [5.74, 6) is -0.193. The molecule has 0 heterocycles. The van der Waals surface area contributed by atoms with Crippen molar-refractivity contribution < 1.29 is 32.9 Å². The number of carbonyl (C=O) groups is 1. The molecule has 3 atom stereocenters. The van der Waals surface area contributed by atoms with Gasteiger partial charge < -0.3 is 28.8 Å². The fraction of sp³-hybridized carbons (Fsp3) is 0.648. The SMILES string of the molecule is CC/C=C\C/C=C\C/C=C\C/C=C\C/C=C\C/C=C\C/C=C\C/C=C\C/C=C\CCCCCCCC(=O)NC(COP(=O)([O-])OCC[N+](C)(C)C)C(O)CCCCCCCCCC. The summed E-state index contributed by atoms with van der Waals surface area (Å²) in [6, 6.07) is -0.816. The molecule has 0 aromatic carbocycles. The van der Waals surface area contributed by atoms with Crippen LogP contribution >= 0.6 is 7.82 Å². The van der Waals surface area contributed by atoms with Gasteiger partial charge in [0.25, 0.3) is 7.82 Å². The lowest BCUT2D eigenvalue weighted by molar-refractivity contribution is -0.870. The summed E-state index contributed by atoms with van der Waals surface area (Å²) in [4.78, 5) is 25.3. The lowest BCUT2D eigenvalue weighted by Crippen LogP contribution is -2.46. The number of phosphoric acid groups is 1. The average molecular weight is 897 g/mol. The van der Waals surface area contributed by atoms with E-state index in [1.807, 2.05) is 21.1 Å². The van der Waals surface area contributed by atoms with Gasteiger partial charge in [-0.2, -0.15) is 0 Å². The van der Waals surface area contributed by atoms with Gasteiger partial charge >= 0.3 is 0 Å². The van der Waals surface area contributed by atoms with E-state index in [0.29, 0.717) is 23.9 Å². The molecule has 1 amide bonds. The Hall–Kier alpha value is -2.84. The summed E-state index contributed by atoms with van der Waals surface area (Å²) in [5, 5.41) is 13.8. The average Bonchev–Trinajstić information content (AvgIpc) is 3.24. The zero-order chi connectivity index (χ0) is 46.4. The first-order chi connectivity index (χ1) is 30.5. The number of aliphatic hydroxyl groups excluding tert-OH is 1. The van der Waals surface area contributed by atoms with E-state index in [1.54, 1.807) is 0 Å². The van der Waals surface area contributed by atoms with E-state index >= 15 is 0 Å². The van der Waals surface area contributed by atoms with Gasteiger partial charge in [-0.15, -0.1) is 0 Å². The van der Waals surface area contributed by atoms with E-state index in [1.165, 1.54) is 32.1 Å². The molecule has 0 aromatic rings. The minimum atomic E-state index is -4.57. The predicted octanol–water partition coefficient (Wildman–Crippen LogP) is 13.8. The van der Waals surface area contributed by atoms with E-state index in [4.69, 9.17) is 9.05 Å². The highest BCUT2D eigenvalue weighted by Crippen LogP contribution is 2.38. The Morgan fingerprint density at radius 2 is 0.968 bits per heavy atom. The zero-order valence-corrected chi connectivity index (χ0v) is 41.6. The number of allylic oxidation sites excluding steroid dienone is 18. The van der Waals surface area contributed by atoms with E-state index in [2.05, 4.69) is 129 Å². The highest BCUT2D eigenvalue weighted by atomic mass is 31.2. The first kappa shape index (κ1) is 60.2. The van der Waals surface area contributed by atoms with Crippen LogP contribution in [0.5, 0.6) is 0 Å². The van der Waals surface area contributed by atoms with Crippen LogP contribution in [0, 0.1) is 0 Å². The summed E-state index contributed by atoms with van der Waals surface area (Å²) in [5.41, 5.74) is 0. The second-order valence-corrected chi connectivity index (χ2v) is 18.8. The van der Waals surface area contributed by atoms with Crippen LogP contribution in [0.2, 0.25) is 0 Å². The van der Waals surface area contributed by atoms with Crippen LogP contribution in [0.3, 0.4) is 0 Å². The van der Waals surface area contributed by atoms with Crippen LogP contribution in [0.1, 0.15) is 174 Å². The third-order valence-electron chi connectivity index (χ3n) is 10.3. The summed E-state index contributed by atoms with van der Waals surface area (Å²) >= 11 is 0. The number of hydrogen-bond acceptors (Lipinski definition) is 6. The van der Waals surface area contributed by atoms with Crippen LogP contribution in [0.15, 0.2) is 109 Å². The Bertz CT molecular complexity index is 1390. The molecule has 0 saturated heterocycles. The number of carbonyl (C=O) groups excluding carboxylic acids is 1. The molecule has 0 saturated carbocycles. The number of amides is 1. The first-order valence-electron chi connectivity index (χ1n) is 24.7. The van der Waals surface area contributed by atoms with Crippen molar-refractivity contribution >= 4 is 13.7 Å². The zero-order valence-electron chi connectivity index (χ0n) is 40.7. The summed E-state index contributed by atoms with van der Waals surface area (Å²) in [6.07, 6.45) is 64.1. The molecule has 0 spiro atoms. The topological polar surface area (TPSA) is 108 Å². The fourth-order valence-electron chi connectivity index (χ4n) is 6.38. The van der Waals surface area contributed by atoms with Crippen molar-refractivity contribution in [2.45, 2.75) is 187 Å². The van der Waals surface area contributed by atoms with Gasteiger partial charge in [-0.3, -0.25) is 9.36 Å². The molecule has 0 aromatic heterocycles. The molecule has 0 aliphatic carbocycles. The number of rotatable bonds is 43. The van der Waals surface area contributed by atoms with Gasteiger partial charge in [0.15, 0.2) is 0 Å². The lowest BCUT2D eigenvalue weighted by Gasteiger charge is -2.30. The van der Waals surface area contributed by atoms with Crippen LogP contribution in [-0.2, 0) is 18.4 Å². The Balaban J connectivity index is 4.16. The van der Waals surface area contributed by atoms with Gasteiger partial charge in [-0.25, -0.2) is 0 Å². The molecule has 9 heteroatoms. The van der Waals surface area contributed by atoms with Crippen LogP contribution < -0.4 is 10.2 Å². The molecule has 0 aliphatic rings. The van der Waals surface area contributed by atoms with Gasteiger partial charge in [0.2, 0.25) is 5.91 Å². The molecular formula is C54H93N2O6P. The van der Waals surface area contributed by atoms with E-state index in [-0.39, 0.29) is 19.1 Å². The van der Waals surface area contributed by atoms with Crippen molar-refractivity contribution in [1.82, 2.24) is 5.32 Å². The number of quaternary nitrogens is 1. The van der Waals surface area contributed by atoms with Crippen molar-refractivity contribution in [3.63, 3.8) is 0 Å². The molecule has 2 N–H and O–H groups in total. The summed E-state index contributed by atoms with van der Waals surface area (Å²) in [7, 11) is 1.27. The predicted molar refractivity (Wildman–Crippen MR) is 269 cm³/mol. The van der Waals surface area contributed by atoms with Crippen LogP contribution in [0.25, 0.3) is 0 Å². The van der Waals surface area contributed by atoms with Crippen molar-refractivity contribution in [1.29, 1.82) is 0 Å². The molecule has 0 aliphatic heterocycles. The fourth-order valence-corrected chi connectivity index (χ4v) is 7.11. The highest BCUT2D eigenvalue weighted by molar-refractivity contribution is 7.45. The number of phosphoric ester groups is 1. The molecule has 0 rings (SSSR count). The minimum absolute atomic E-state index is 0.00148. The molecule has 0 radical (unpaired) electrons. The van der Waals surface area contributed by atoms with Gasteiger partial charge in [0.05, 0.1) is 39.9 Å². The number of likely N-dealkylation sites (N-methyl/N-ethyl adjacent to an activating group) is 1. The number of unbranched alkanes of at least 4 members (excludes halogenated alkanes) is 12. The molecule has 0 bridgehead atoms. The van der Waals surface area contributed by atoms with Gasteiger partial charge in [0.1, 0.15) is 13.2 Å². The largest absolute Gasteiger partial charge is 0.756 e. The monoisotopic (exact) mass is 897 g/mol. The smallest absolute Gasteiger partial charge is 0.268 e. The standard InChI is InChI=1S/C54H93N2O6P/c1-6-8-10-12-14-16-17-18-19-20-21-22-23-24-25-26-27-28-29-30-31-32-33-34-35-36-37-38-39-40-42-44-46-48-54(58)55-52(51-62-63(59,60)61-50-49-56(3,4)5)53(57)47-45-43-41-15-13-11-9-7-2/h8,10,14,16,18-19,21-22,24-25,27-28,30-31,33-34,36-37,52-53,57H,6-7,9,11-13,15,17,20,23,26,29,32,35,38-51H2,1-5H3,(H-,55,58,59,60)/b10-8-,16-14-,19-18-,22-21-,25-24-,28-27-,31-30-,34-33-,37-36-. The first-order valence-corrected chi connectivity index (χ1v) is 26.2. The second kappa shape index (κ2) is 44.4. The Morgan fingerprint density at radius 3 is 1.41 bits per heavy atom. The number of aliphatic hydroxyl groups is 1. The van der Waals surface area contributed by atoms with Crippen molar-refractivity contribution in [3.05, 3.63) is 109 Å². The van der Waals surface area contributed by atoms with E-state index in [0.717, 1.165) is 116 Å². The van der Waals surface area contributed by atoms with Gasteiger partial charge in [-0.05, 0) is 83.5 Å². The molecule has 0 fully saturated rings. The summed E-state index contributed by atoms with van der Waals surface area (Å²) < 4.78 is 23.2. The van der Waals surface area contributed by atoms with E-state index < -0.39 is 20.0 Å². The quantitative estimate of drug-likeness (QED) is 0.0273. The maximum atomic E-state index is 12.9. The summed E-state index contributed by atoms with van der Waals surface area (Å²) in [6.45, 7) is 4.52. The maximum Gasteiger partial charge on any atom is 0.268 e.